The lowest BCUT2D eigenvalue weighted by Gasteiger charge is -2.17. The number of carbonyl (C=O) groups is 1. The van der Waals surface area contributed by atoms with Gasteiger partial charge in [0.1, 0.15) is 4.21 Å². The second kappa shape index (κ2) is 6.88. The Morgan fingerprint density at radius 3 is 2.70 bits per heavy atom. The van der Waals surface area contributed by atoms with Crippen LogP contribution in [0.5, 0.6) is 0 Å². The summed E-state index contributed by atoms with van der Waals surface area (Å²) in [7, 11) is -3.43. The SMILES string of the molecule is CC(C)(C)C(=O)NCCc1ccc(S(=O)(=O)N2CC[C@@H](N)C2)s1. The van der Waals surface area contributed by atoms with Gasteiger partial charge in [0.05, 0.1) is 0 Å². The number of carbonyl (C=O) groups excluding carboxylic acids is 1. The van der Waals surface area contributed by atoms with Gasteiger partial charge in [-0.25, -0.2) is 8.42 Å². The average molecular weight is 360 g/mol. The molecule has 1 aromatic heterocycles. The Hall–Kier alpha value is -0.960. The van der Waals surface area contributed by atoms with Crippen molar-refractivity contribution in [2.24, 2.45) is 11.1 Å². The summed E-state index contributed by atoms with van der Waals surface area (Å²) in [5, 5.41) is 2.87. The standard InChI is InChI=1S/C15H25N3O3S2/c1-15(2,3)14(19)17-8-6-12-4-5-13(22-12)23(20,21)18-9-7-11(16)10-18/h4-5,11H,6-10,16H2,1-3H3,(H,17,19)/t11-/m1/s1. The van der Waals surface area contributed by atoms with Crippen LogP contribution in [0.15, 0.2) is 16.3 Å². The lowest BCUT2D eigenvalue weighted by Crippen LogP contribution is -2.35. The van der Waals surface area contributed by atoms with E-state index in [9.17, 15) is 13.2 Å². The number of hydrogen-bond donors (Lipinski definition) is 2. The predicted molar refractivity (Wildman–Crippen MR) is 91.8 cm³/mol. The van der Waals surface area contributed by atoms with Gasteiger partial charge in [-0.2, -0.15) is 4.31 Å². The van der Waals surface area contributed by atoms with E-state index in [0.717, 1.165) is 4.88 Å². The maximum atomic E-state index is 12.5. The number of thiophene rings is 1. The molecule has 0 aromatic carbocycles. The fraction of sp³-hybridized carbons (Fsp3) is 0.667. The largest absolute Gasteiger partial charge is 0.355 e. The molecule has 0 unspecified atom stereocenters. The highest BCUT2D eigenvalue weighted by Gasteiger charge is 2.31. The molecule has 1 aromatic rings. The van der Waals surface area contributed by atoms with E-state index in [1.807, 2.05) is 26.8 Å². The third-order valence-electron chi connectivity index (χ3n) is 3.76. The molecule has 2 heterocycles. The average Bonchev–Trinajstić information content (AvgIpc) is 3.07. The van der Waals surface area contributed by atoms with Crippen LogP contribution in [-0.2, 0) is 21.2 Å². The molecule has 6 nitrogen and oxygen atoms in total. The number of sulfonamides is 1. The van der Waals surface area contributed by atoms with E-state index in [0.29, 0.717) is 36.7 Å². The van der Waals surface area contributed by atoms with Gasteiger partial charge in [0.15, 0.2) is 0 Å². The Morgan fingerprint density at radius 2 is 2.13 bits per heavy atom. The highest BCUT2D eigenvalue weighted by atomic mass is 32.2. The van der Waals surface area contributed by atoms with E-state index in [4.69, 9.17) is 5.73 Å². The normalized spacial score (nSPS) is 19.9. The number of amides is 1. The molecular formula is C15H25N3O3S2. The highest BCUT2D eigenvalue weighted by molar-refractivity contribution is 7.91. The van der Waals surface area contributed by atoms with Crippen molar-refractivity contribution in [1.29, 1.82) is 0 Å². The molecule has 1 amide bonds. The van der Waals surface area contributed by atoms with Crippen molar-refractivity contribution in [2.75, 3.05) is 19.6 Å². The molecule has 1 atom stereocenters. The summed E-state index contributed by atoms with van der Waals surface area (Å²) in [5.41, 5.74) is 5.37. The molecule has 1 aliphatic rings. The first-order valence-corrected chi connectivity index (χ1v) is 9.99. The molecule has 0 bridgehead atoms. The van der Waals surface area contributed by atoms with Crippen LogP contribution in [0.1, 0.15) is 32.1 Å². The summed E-state index contributed by atoms with van der Waals surface area (Å²) in [6, 6.07) is 3.39. The maximum absolute atomic E-state index is 12.5. The molecule has 1 saturated heterocycles. The van der Waals surface area contributed by atoms with Crippen molar-refractivity contribution in [3.05, 3.63) is 17.0 Å². The fourth-order valence-corrected chi connectivity index (χ4v) is 5.32. The number of nitrogens with one attached hydrogen (secondary N) is 1. The summed E-state index contributed by atoms with van der Waals surface area (Å²) in [6.45, 7) is 6.96. The van der Waals surface area contributed by atoms with Crippen molar-refractivity contribution in [3.63, 3.8) is 0 Å². The predicted octanol–water partition coefficient (Wildman–Crippen LogP) is 1.17. The van der Waals surface area contributed by atoms with E-state index in [2.05, 4.69) is 5.32 Å². The Morgan fingerprint density at radius 1 is 1.43 bits per heavy atom. The Kier molecular flexibility index (Phi) is 5.50. The fourth-order valence-electron chi connectivity index (χ4n) is 2.30. The van der Waals surface area contributed by atoms with Gasteiger partial charge in [0.25, 0.3) is 10.0 Å². The van der Waals surface area contributed by atoms with E-state index in [1.165, 1.54) is 15.6 Å². The van der Waals surface area contributed by atoms with Crippen molar-refractivity contribution in [3.8, 4) is 0 Å². The molecule has 3 N–H and O–H groups in total. The summed E-state index contributed by atoms with van der Waals surface area (Å²) in [6.07, 6.45) is 1.33. The van der Waals surface area contributed by atoms with Crippen LogP contribution in [0.3, 0.4) is 0 Å². The molecule has 8 heteroatoms. The first-order valence-electron chi connectivity index (χ1n) is 7.73. The number of nitrogens with two attached hydrogens (primary N) is 1. The highest BCUT2D eigenvalue weighted by Crippen LogP contribution is 2.27. The van der Waals surface area contributed by atoms with Crippen molar-refractivity contribution in [2.45, 2.75) is 43.9 Å². The zero-order chi connectivity index (χ0) is 17.3. The van der Waals surface area contributed by atoms with E-state index < -0.39 is 15.4 Å². The van der Waals surface area contributed by atoms with Crippen LogP contribution >= 0.6 is 11.3 Å². The minimum atomic E-state index is -3.43. The second-order valence-electron chi connectivity index (χ2n) is 6.89. The van der Waals surface area contributed by atoms with Gasteiger partial charge in [-0.15, -0.1) is 11.3 Å². The monoisotopic (exact) mass is 359 g/mol. The Bertz CT molecular complexity index is 662. The quantitative estimate of drug-likeness (QED) is 0.825. The van der Waals surface area contributed by atoms with Crippen LogP contribution in [0, 0.1) is 5.41 Å². The number of nitrogens with zero attached hydrogens (tertiary/aromatic N) is 1. The molecular weight excluding hydrogens is 334 g/mol. The Labute approximate surface area is 142 Å². The molecule has 23 heavy (non-hydrogen) atoms. The van der Waals surface area contributed by atoms with E-state index >= 15 is 0 Å². The smallest absolute Gasteiger partial charge is 0.252 e. The summed E-state index contributed by atoms with van der Waals surface area (Å²) in [4.78, 5) is 12.7. The molecule has 2 rings (SSSR count). The van der Waals surface area contributed by atoms with Crippen molar-refractivity contribution in [1.82, 2.24) is 9.62 Å². The van der Waals surface area contributed by atoms with Gasteiger partial charge in [-0.1, -0.05) is 20.8 Å². The summed E-state index contributed by atoms with van der Waals surface area (Å²) < 4.78 is 26.8. The third-order valence-corrected chi connectivity index (χ3v) is 7.23. The molecule has 130 valence electrons. The first-order chi connectivity index (χ1) is 10.6. The van der Waals surface area contributed by atoms with Crippen molar-refractivity contribution >= 4 is 27.3 Å². The van der Waals surface area contributed by atoms with Crippen LogP contribution < -0.4 is 11.1 Å². The topological polar surface area (TPSA) is 92.5 Å². The lowest BCUT2D eigenvalue weighted by atomic mass is 9.96. The van der Waals surface area contributed by atoms with Gasteiger partial charge in [-0.05, 0) is 25.0 Å². The van der Waals surface area contributed by atoms with Crippen LogP contribution in [0.25, 0.3) is 0 Å². The second-order valence-corrected chi connectivity index (χ2v) is 10.2. The summed E-state index contributed by atoms with van der Waals surface area (Å²) >= 11 is 1.27. The minimum absolute atomic E-state index is 0.00652. The van der Waals surface area contributed by atoms with Crippen LogP contribution in [-0.4, -0.2) is 44.3 Å². The molecule has 0 spiro atoms. The third kappa shape index (κ3) is 4.53. The first kappa shape index (κ1) is 18.4. The lowest BCUT2D eigenvalue weighted by molar-refractivity contribution is -0.128. The molecule has 1 aliphatic heterocycles. The number of hydrogen-bond acceptors (Lipinski definition) is 5. The van der Waals surface area contributed by atoms with Crippen molar-refractivity contribution < 1.29 is 13.2 Å². The number of rotatable bonds is 5. The zero-order valence-corrected chi connectivity index (χ0v) is 15.5. The maximum Gasteiger partial charge on any atom is 0.252 e. The van der Waals surface area contributed by atoms with E-state index in [-0.39, 0.29) is 11.9 Å². The van der Waals surface area contributed by atoms with Gasteiger partial charge in [-0.3, -0.25) is 4.79 Å². The summed E-state index contributed by atoms with van der Waals surface area (Å²) in [5.74, 6) is -0.00652. The van der Waals surface area contributed by atoms with Gasteiger partial charge in [0.2, 0.25) is 5.91 Å². The molecule has 1 fully saturated rings. The van der Waals surface area contributed by atoms with E-state index in [1.54, 1.807) is 6.07 Å². The Balaban J connectivity index is 1.94. The van der Waals surface area contributed by atoms with Gasteiger partial charge >= 0.3 is 0 Å². The van der Waals surface area contributed by atoms with Crippen LogP contribution in [0.4, 0.5) is 0 Å². The van der Waals surface area contributed by atoms with Gasteiger partial charge < -0.3 is 11.1 Å². The molecule has 0 aliphatic carbocycles. The van der Waals surface area contributed by atoms with Gasteiger partial charge in [0, 0.05) is 36.0 Å². The van der Waals surface area contributed by atoms with Crippen LogP contribution in [0.2, 0.25) is 0 Å². The molecule has 0 saturated carbocycles. The minimum Gasteiger partial charge on any atom is -0.355 e. The molecule has 0 radical (unpaired) electrons. The zero-order valence-electron chi connectivity index (χ0n) is 13.8.